The van der Waals surface area contributed by atoms with E-state index in [4.69, 9.17) is 19.7 Å². The Morgan fingerprint density at radius 1 is 0.647 bits per heavy atom. The van der Waals surface area contributed by atoms with Crippen molar-refractivity contribution in [2.45, 2.75) is 90.5 Å². The Hall–Kier alpha value is -2.52. The third kappa shape index (κ3) is 5.93. The second-order valence-corrected chi connectivity index (χ2v) is 12.0. The van der Waals surface area contributed by atoms with Crippen LogP contribution in [0, 0.1) is 23.7 Å². The Balaban J connectivity index is 0.000000191. The number of carbonyl (C=O) groups is 4. The van der Waals surface area contributed by atoms with E-state index in [0.29, 0.717) is 37.8 Å². The molecule has 4 fully saturated rings. The maximum atomic E-state index is 11.9. The van der Waals surface area contributed by atoms with Crippen molar-refractivity contribution in [2.24, 2.45) is 23.7 Å². The molecule has 2 heterocycles. The average molecular weight is 483 g/mol. The van der Waals surface area contributed by atoms with E-state index in [1.807, 2.05) is 41.5 Å². The van der Waals surface area contributed by atoms with Crippen LogP contribution in [-0.4, -0.2) is 80.5 Å². The van der Waals surface area contributed by atoms with Crippen molar-refractivity contribution < 1.29 is 38.9 Å². The molecule has 192 valence electrons. The van der Waals surface area contributed by atoms with Gasteiger partial charge in [-0.25, -0.2) is 9.59 Å². The van der Waals surface area contributed by atoms with Gasteiger partial charge in [0, 0.05) is 25.2 Å². The first-order valence-corrected chi connectivity index (χ1v) is 12.0. The summed E-state index contributed by atoms with van der Waals surface area (Å²) in [4.78, 5) is 49.2. The molecule has 2 aliphatic carbocycles. The highest BCUT2D eigenvalue weighted by molar-refractivity contribution is 5.76. The maximum absolute atomic E-state index is 11.9. The Labute approximate surface area is 200 Å². The highest BCUT2D eigenvalue weighted by atomic mass is 16.6. The molecule has 2 amide bonds. The number of hydrogen-bond acceptors (Lipinski definition) is 6. The molecule has 2 saturated carbocycles. The molecule has 6 atom stereocenters. The summed E-state index contributed by atoms with van der Waals surface area (Å²) in [7, 11) is 0. The monoisotopic (exact) mass is 482 g/mol. The highest BCUT2D eigenvalue weighted by Gasteiger charge is 2.51. The van der Waals surface area contributed by atoms with E-state index in [9.17, 15) is 19.2 Å². The number of carboxylic acids is 2. The van der Waals surface area contributed by atoms with Gasteiger partial charge in [-0.3, -0.25) is 9.59 Å². The summed E-state index contributed by atoms with van der Waals surface area (Å²) in [5, 5.41) is 18.2. The molecule has 0 unspecified atom stereocenters. The third-order valence-electron chi connectivity index (χ3n) is 6.85. The second kappa shape index (κ2) is 9.26. The van der Waals surface area contributed by atoms with Crippen LogP contribution in [0.4, 0.5) is 9.59 Å². The van der Waals surface area contributed by atoms with E-state index in [2.05, 4.69) is 0 Å². The number of ether oxygens (including phenoxy) is 2. The van der Waals surface area contributed by atoms with Gasteiger partial charge >= 0.3 is 24.1 Å². The van der Waals surface area contributed by atoms with Crippen molar-refractivity contribution in [2.75, 3.05) is 13.1 Å². The zero-order chi connectivity index (χ0) is 25.6. The van der Waals surface area contributed by atoms with Gasteiger partial charge in [0.15, 0.2) is 0 Å². The summed E-state index contributed by atoms with van der Waals surface area (Å²) in [6.07, 6.45) is 2.23. The van der Waals surface area contributed by atoms with Crippen LogP contribution in [-0.2, 0) is 19.1 Å². The molecule has 4 bridgehead atoms. The third-order valence-corrected chi connectivity index (χ3v) is 6.85. The van der Waals surface area contributed by atoms with Crippen LogP contribution in [0.15, 0.2) is 0 Å². The number of nitrogens with zero attached hydrogens (tertiary/aromatic N) is 2. The molecular weight excluding hydrogens is 444 g/mol. The number of fused-ring (bicyclic) bond motifs is 4. The summed E-state index contributed by atoms with van der Waals surface area (Å²) in [5.74, 6) is -1.78. The normalized spacial score (nSPS) is 31.7. The van der Waals surface area contributed by atoms with Crippen LogP contribution in [0.25, 0.3) is 0 Å². The minimum absolute atomic E-state index is 0.174. The van der Waals surface area contributed by atoms with Crippen LogP contribution in [0.2, 0.25) is 0 Å². The highest BCUT2D eigenvalue weighted by Crippen LogP contribution is 2.43. The molecule has 0 spiro atoms. The van der Waals surface area contributed by atoms with E-state index in [1.165, 1.54) is 0 Å². The first kappa shape index (κ1) is 26.1. The van der Waals surface area contributed by atoms with E-state index < -0.39 is 35.0 Å². The van der Waals surface area contributed by atoms with Gasteiger partial charge in [-0.2, -0.15) is 0 Å². The molecule has 10 heteroatoms. The summed E-state index contributed by atoms with van der Waals surface area (Å²) >= 11 is 0. The SMILES string of the molecule is CC(C)(C)OC(=O)N1C[C@H]2C[C@@H]1[C@H](C(=O)O)C2.CC(C)(C)OC(=O)N1C[C@H]2C[C@H](C(=O)O)[C@@H]1C2. The molecule has 34 heavy (non-hydrogen) atoms. The number of rotatable bonds is 2. The summed E-state index contributed by atoms with van der Waals surface area (Å²) < 4.78 is 10.6. The minimum atomic E-state index is -0.800. The molecule has 0 aromatic heterocycles. The van der Waals surface area contributed by atoms with Crippen molar-refractivity contribution in [3.8, 4) is 0 Å². The Bertz CT molecular complexity index is 762. The van der Waals surface area contributed by atoms with Crippen LogP contribution in [0.1, 0.15) is 67.2 Å². The van der Waals surface area contributed by atoms with Crippen molar-refractivity contribution in [1.29, 1.82) is 0 Å². The van der Waals surface area contributed by atoms with Gasteiger partial charge in [-0.15, -0.1) is 0 Å². The zero-order valence-corrected chi connectivity index (χ0v) is 20.9. The smallest absolute Gasteiger partial charge is 0.410 e. The van der Waals surface area contributed by atoms with Gasteiger partial charge in [0.1, 0.15) is 11.2 Å². The number of likely N-dealkylation sites (tertiary alicyclic amines) is 2. The van der Waals surface area contributed by atoms with Gasteiger partial charge in [-0.1, -0.05) is 0 Å². The molecular formula is C24H38N2O8. The molecule has 4 aliphatic rings. The molecule has 2 aliphatic heterocycles. The first-order chi connectivity index (χ1) is 15.6. The zero-order valence-electron chi connectivity index (χ0n) is 20.9. The second-order valence-electron chi connectivity index (χ2n) is 12.0. The number of amides is 2. The number of aliphatic carboxylic acids is 2. The summed E-state index contributed by atoms with van der Waals surface area (Å²) in [5.41, 5.74) is -1.06. The number of hydrogen-bond donors (Lipinski definition) is 2. The fourth-order valence-electron chi connectivity index (χ4n) is 5.64. The predicted octanol–water partition coefficient (Wildman–Crippen LogP) is 3.43. The van der Waals surface area contributed by atoms with E-state index >= 15 is 0 Å². The largest absolute Gasteiger partial charge is 0.481 e. The van der Waals surface area contributed by atoms with Crippen LogP contribution in [0.5, 0.6) is 0 Å². The Morgan fingerprint density at radius 2 is 0.971 bits per heavy atom. The molecule has 0 aromatic carbocycles. The molecule has 2 N–H and O–H groups in total. The van der Waals surface area contributed by atoms with E-state index in [1.54, 1.807) is 9.80 Å². The number of piperidine rings is 2. The summed E-state index contributed by atoms with van der Waals surface area (Å²) in [6.45, 7) is 12.2. The summed E-state index contributed by atoms with van der Waals surface area (Å²) in [6, 6.07) is -0.348. The molecule has 4 rings (SSSR count). The fourth-order valence-corrected chi connectivity index (χ4v) is 5.64. The standard InChI is InChI=1S/2C12H19NO4/c2*1-12(2,3)17-11(16)13-6-7-4-8(10(14)15)9(13)5-7/h2*7-9H,4-6H2,1-3H3,(H,14,15)/t2*7-,8-,9-/m10/s1. The van der Waals surface area contributed by atoms with Gasteiger partial charge in [0.25, 0.3) is 0 Å². The van der Waals surface area contributed by atoms with Gasteiger partial charge < -0.3 is 29.5 Å². The Morgan fingerprint density at radius 3 is 1.21 bits per heavy atom. The molecule has 2 saturated heterocycles. The predicted molar refractivity (Wildman–Crippen MR) is 121 cm³/mol. The average Bonchev–Trinajstić information content (AvgIpc) is 3.44. The quantitative estimate of drug-likeness (QED) is 0.611. The van der Waals surface area contributed by atoms with Gasteiger partial charge in [-0.05, 0) is 79.1 Å². The lowest BCUT2D eigenvalue weighted by atomic mass is 9.99. The first-order valence-electron chi connectivity index (χ1n) is 12.0. The van der Waals surface area contributed by atoms with Crippen LogP contribution in [0.3, 0.4) is 0 Å². The van der Waals surface area contributed by atoms with Gasteiger partial charge in [0.2, 0.25) is 0 Å². The van der Waals surface area contributed by atoms with Crippen LogP contribution >= 0.6 is 0 Å². The number of carboxylic acid groups (broad SMARTS) is 2. The van der Waals surface area contributed by atoms with E-state index in [-0.39, 0.29) is 24.3 Å². The molecule has 0 aromatic rings. The van der Waals surface area contributed by atoms with Crippen molar-refractivity contribution >= 4 is 24.1 Å². The Kier molecular flexibility index (Phi) is 7.11. The van der Waals surface area contributed by atoms with Crippen molar-refractivity contribution in [3.63, 3.8) is 0 Å². The lowest BCUT2D eigenvalue weighted by Gasteiger charge is -2.32. The van der Waals surface area contributed by atoms with Crippen molar-refractivity contribution in [1.82, 2.24) is 9.80 Å². The maximum Gasteiger partial charge on any atom is 0.410 e. The molecule has 10 nitrogen and oxygen atoms in total. The van der Waals surface area contributed by atoms with Gasteiger partial charge in [0.05, 0.1) is 11.8 Å². The van der Waals surface area contributed by atoms with Crippen molar-refractivity contribution in [3.05, 3.63) is 0 Å². The van der Waals surface area contributed by atoms with Crippen LogP contribution < -0.4 is 0 Å². The lowest BCUT2D eigenvalue weighted by Crippen LogP contribution is -2.46. The topological polar surface area (TPSA) is 134 Å². The number of carbonyl (C=O) groups excluding carboxylic acids is 2. The van der Waals surface area contributed by atoms with E-state index in [0.717, 1.165) is 12.8 Å². The molecule has 0 radical (unpaired) electrons. The lowest BCUT2D eigenvalue weighted by molar-refractivity contribution is -0.145. The minimum Gasteiger partial charge on any atom is -0.481 e. The fraction of sp³-hybridized carbons (Fsp3) is 0.833.